The molecule has 5 heteroatoms. The molecule has 0 unspecified atom stereocenters. The Morgan fingerprint density at radius 2 is 1.94 bits per heavy atom. The van der Waals surface area contributed by atoms with Gasteiger partial charge in [0.25, 0.3) is 0 Å². The fourth-order valence-corrected chi connectivity index (χ4v) is 1.94. The van der Waals surface area contributed by atoms with Crippen molar-refractivity contribution in [3.8, 4) is 0 Å². The number of aromatic carboxylic acids is 1. The van der Waals surface area contributed by atoms with Gasteiger partial charge in [-0.3, -0.25) is 9.58 Å². The highest BCUT2D eigenvalue weighted by Gasteiger charge is 2.24. The molecule has 1 aromatic heterocycles. The Labute approximate surface area is 108 Å². The van der Waals surface area contributed by atoms with E-state index in [0.29, 0.717) is 12.1 Å². The van der Waals surface area contributed by atoms with Crippen LogP contribution in [0.25, 0.3) is 0 Å². The first-order valence-corrected chi connectivity index (χ1v) is 6.34. The van der Waals surface area contributed by atoms with Gasteiger partial charge in [-0.1, -0.05) is 13.8 Å². The Bertz CT molecular complexity index is 414. The second-order valence-corrected chi connectivity index (χ2v) is 5.35. The second-order valence-electron chi connectivity index (χ2n) is 5.35. The van der Waals surface area contributed by atoms with Crippen molar-refractivity contribution in [2.24, 2.45) is 0 Å². The average molecular weight is 253 g/mol. The van der Waals surface area contributed by atoms with Gasteiger partial charge in [-0.2, -0.15) is 5.10 Å². The van der Waals surface area contributed by atoms with E-state index in [9.17, 15) is 9.90 Å². The first-order valence-electron chi connectivity index (χ1n) is 6.34. The molecule has 0 bridgehead atoms. The second kappa shape index (κ2) is 5.52. The minimum Gasteiger partial charge on any atom is -0.478 e. The van der Waals surface area contributed by atoms with Crippen molar-refractivity contribution < 1.29 is 9.90 Å². The lowest BCUT2D eigenvalue weighted by Gasteiger charge is -2.26. The first-order chi connectivity index (χ1) is 8.31. The van der Waals surface area contributed by atoms with Crippen molar-refractivity contribution >= 4 is 5.97 Å². The number of hydrogen-bond donors (Lipinski definition) is 1. The van der Waals surface area contributed by atoms with Crippen LogP contribution in [-0.2, 0) is 12.1 Å². The van der Waals surface area contributed by atoms with Crippen molar-refractivity contribution in [2.45, 2.75) is 46.7 Å². The normalized spacial score (nSPS) is 12.1. The van der Waals surface area contributed by atoms with Crippen molar-refractivity contribution in [2.75, 3.05) is 13.1 Å². The molecule has 18 heavy (non-hydrogen) atoms. The minimum absolute atomic E-state index is 0.212. The van der Waals surface area contributed by atoms with Crippen LogP contribution in [0, 0.1) is 0 Å². The molecule has 0 saturated carbocycles. The van der Waals surface area contributed by atoms with Crippen LogP contribution in [0.4, 0.5) is 0 Å². The lowest BCUT2D eigenvalue weighted by atomic mass is 10.1. The van der Waals surface area contributed by atoms with Gasteiger partial charge in [-0.05, 0) is 33.9 Å². The van der Waals surface area contributed by atoms with E-state index in [1.54, 1.807) is 0 Å². The zero-order chi connectivity index (χ0) is 13.9. The van der Waals surface area contributed by atoms with Crippen LogP contribution in [0.2, 0.25) is 0 Å². The molecule has 1 heterocycles. The Morgan fingerprint density at radius 3 is 2.33 bits per heavy atom. The SMILES string of the molecule is CCN(CC)Cc1c(C(=O)O)cnn1C(C)(C)C. The molecular weight excluding hydrogens is 230 g/mol. The molecule has 1 N–H and O–H groups in total. The molecule has 0 spiro atoms. The Hall–Kier alpha value is -1.36. The molecule has 0 aromatic carbocycles. The van der Waals surface area contributed by atoms with E-state index >= 15 is 0 Å². The zero-order valence-electron chi connectivity index (χ0n) is 11.9. The highest BCUT2D eigenvalue weighted by Crippen LogP contribution is 2.20. The minimum atomic E-state index is -0.910. The third-order valence-electron chi connectivity index (χ3n) is 3.00. The maximum absolute atomic E-state index is 11.2. The summed E-state index contributed by atoms with van der Waals surface area (Å²) in [6.07, 6.45) is 1.45. The smallest absolute Gasteiger partial charge is 0.339 e. The van der Waals surface area contributed by atoms with Crippen molar-refractivity contribution in [3.63, 3.8) is 0 Å². The summed E-state index contributed by atoms with van der Waals surface area (Å²) in [5.74, 6) is -0.910. The van der Waals surface area contributed by atoms with Crippen LogP contribution in [0.5, 0.6) is 0 Å². The number of rotatable bonds is 5. The van der Waals surface area contributed by atoms with Gasteiger partial charge in [0.1, 0.15) is 5.56 Å². The third-order valence-corrected chi connectivity index (χ3v) is 3.00. The summed E-state index contributed by atoms with van der Waals surface area (Å²) >= 11 is 0. The largest absolute Gasteiger partial charge is 0.478 e. The van der Waals surface area contributed by atoms with Crippen LogP contribution in [-0.4, -0.2) is 38.8 Å². The summed E-state index contributed by atoms with van der Waals surface area (Å²) in [7, 11) is 0. The Kier molecular flexibility index (Phi) is 4.51. The molecule has 0 aliphatic carbocycles. The van der Waals surface area contributed by atoms with Gasteiger partial charge in [0.05, 0.1) is 17.4 Å². The van der Waals surface area contributed by atoms with Gasteiger partial charge in [0.2, 0.25) is 0 Å². The molecule has 102 valence electrons. The fraction of sp³-hybridized carbons (Fsp3) is 0.692. The highest BCUT2D eigenvalue weighted by molar-refractivity contribution is 5.88. The predicted octanol–water partition coefficient (Wildman–Crippen LogP) is 2.18. The molecule has 0 atom stereocenters. The summed E-state index contributed by atoms with van der Waals surface area (Å²) in [6.45, 7) is 12.6. The summed E-state index contributed by atoms with van der Waals surface area (Å²) in [6, 6.07) is 0. The monoisotopic (exact) mass is 253 g/mol. The number of carboxylic acids is 1. The molecule has 0 amide bonds. The first kappa shape index (κ1) is 14.7. The van der Waals surface area contributed by atoms with E-state index in [-0.39, 0.29) is 5.54 Å². The maximum Gasteiger partial charge on any atom is 0.339 e. The zero-order valence-corrected chi connectivity index (χ0v) is 11.9. The van der Waals surface area contributed by atoms with E-state index in [2.05, 4.69) is 23.8 Å². The summed E-state index contributed by atoms with van der Waals surface area (Å²) in [5, 5.41) is 13.5. The molecule has 1 aromatic rings. The third kappa shape index (κ3) is 3.10. The average Bonchev–Trinajstić information content (AvgIpc) is 2.68. The molecule has 0 radical (unpaired) electrons. The lowest BCUT2D eigenvalue weighted by molar-refractivity contribution is 0.0694. The van der Waals surface area contributed by atoms with E-state index in [1.165, 1.54) is 6.20 Å². The molecule has 5 nitrogen and oxygen atoms in total. The molecule has 0 aliphatic rings. The predicted molar refractivity (Wildman–Crippen MR) is 70.8 cm³/mol. The van der Waals surface area contributed by atoms with Crippen LogP contribution in [0.15, 0.2) is 6.20 Å². The maximum atomic E-state index is 11.2. The van der Waals surface area contributed by atoms with Crippen LogP contribution < -0.4 is 0 Å². The number of aromatic nitrogens is 2. The van der Waals surface area contributed by atoms with Gasteiger partial charge >= 0.3 is 5.97 Å². The highest BCUT2D eigenvalue weighted by atomic mass is 16.4. The molecule has 1 rings (SSSR count). The lowest BCUT2D eigenvalue weighted by Crippen LogP contribution is -2.30. The van der Waals surface area contributed by atoms with E-state index < -0.39 is 5.97 Å². The Morgan fingerprint density at radius 1 is 1.39 bits per heavy atom. The van der Waals surface area contributed by atoms with E-state index in [0.717, 1.165) is 18.8 Å². The Balaban J connectivity index is 3.19. The van der Waals surface area contributed by atoms with Gasteiger partial charge < -0.3 is 5.11 Å². The molecular formula is C13H23N3O2. The molecule has 0 fully saturated rings. The fourth-order valence-electron chi connectivity index (χ4n) is 1.94. The van der Waals surface area contributed by atoms with E-state index in [1.807, 2.05) is 25.5 Å². The van der Waals surface area contributed by atoms with Gasteiger partial charge in [-0.25, -0.2) is 4.79 Å². The number of nitrogens with zero attached hydrogens (tertiary/aromatic N) is 3. The molecule has 0 aliphatic heterocycles. The summed E-state index contributed by atoms with van der Waals surface area (Å²) < 4.78 is 1.81. The van der Waals surface area contributed by atoms with Crippen molar-refractivity contribution in [3.05, 3.63) is 17.5 Å². The number of carbonyl (C=O) groups is 1. The summed E-state index contributed by atoms with van der Waals surface area (Å²) in [4.78, 5) is 13.4. The van der Waals surface area contributed by atoms with Crippen molar-refractivity contribution in [1.82, 2.24) is 14.7 Å². The van der Waals surface area contributed by atoms with Gasteiger partial charge in [-0.15, -0.1) is 0 Å². The van der Waals surface area contributed by atoms with Gasteiger partial charge in [0.15, 0.2) is 0 Å². The standard InChI is InChI=1S/C13H23N3O2/c1-6-15(7-2)9-11-10(12(17)18)8-14-16(11)13(3,4)5/h8H,6-7,9H2,1-5H3,(H,17,18). The van der Waals surface area contributed by atoms with Crippen LogP contribution in [0.1, 0.15) is 50.7 Å². The van der Waals surface area contributed by atoms with Crippen LogP contribution >= 0.6 is 0 Å². The molecule has 0 saturated heterocycles. The quantitative estimate of drug-likeness (QED) is 0.873. The number of carboxylic acid groups (broad SMARTS) is 1. The van der Waals surface area contributed by atoms with Crippen molar-refractivity contribution in [1.29, 1.82) is 0 Å². The summed E-state index contributed by atoms with van der Waals surface area (Å²) in [5.41, 5.74) is 0.867. The van der Waals surface area contributed by atoms with E-state index in [4.69, 9.17) is 0 Å². The topological polar surface area (TPSA) is 58.4 Å². The van der Waals surface area contributed by atoms with Gasteiger partial charge in [0, 0.05) is 6.54 Å². The number of hydrogen-bond acceptors (Lipinski definition) is 3. The van der Waals surface area contributed by atoms with Crippen LogP contribution in [0.3, 0.4) is 0 Å².